The second kappa shape index (κ2) is 7.61. The Labute approximate surface area is 186 Å². The van der Waals surface area contributed by atoms with Crippen molar-refractivity contribution in [2.45, 2.75) is 31.0 Å². The van der Waals surface area contributed by atoms with Gasteiger partial charge in [-0.2, -0.15) is 18.3 Å². The van der Waals surface area contributed by atoms with Gasteiger partial charge in [-0.1, -0.05) is 54.6 Å². The van der Waals surface area contributed by atoms with Crippen molar-refractivity contribution < 1.29 is 23.1 Å². The van der Waals surface area contributed by atoms with E-state index in [1.165, 1.54) is 10.6 Å². The van der Waals surface area contributed by atoms with Crippen LogP contribution in [0.3, 0.4) is 0 Å². The predicted molar refractivity (Wildman–Crippen MR) is 116 cm³/mol. The third kappa shape index (κ3) is 3.69. The monoisotopic (exact) mass is 452 g/mol. The van der Waals surface area contributed by atoms with Crippen LogP contribution in [0.4, 0.5) is 18.0 Å². The molecule has 2 heterocycles. The van der Waals surface area contributed by atoms with Gasteiger partial charge >= 0.3 is 12.3 Å². The Kier molecular flexibility index (Phi) is 4.84. The number of imidazole rings is 1. The predicted octanol–water partition coefficient (Wildman–Crippen LogP) is 5.73. The number of carboxylic acid groups (broad SMARTS) is 1. The zero-order valence-corrected chi connectivity index (χ0v) is 17.3. The molecule has 6 nitrogen and oxygen atoms in total. The van der Waals surface area contributed by atoms with Gasteiger partial charge in [-0.3, -0.25) is 0 Å². The lowest BCUT2D eigenvalue weighted by molar-refractivity contribution is -0.141. The molecule has 1 aliphatic carbocycles. The molecule has 1 aliphatic rings. The molecule has 168 valence electrons. The van der Waals surface area contributed by atoms with Gasteiger partial charge in [-0.05, 0) is 37.0 Å². The maximum atomic E-state index is 13.3. The lowest BCUT2D eigenvalue weighted by Crippen LogP contribution is -2.50. The molecule has 0 radical (unpaired) electrons. The summed E-state index contributed by atoms with van der Waals surface area (Å²) >= 11 is 0. The molecule has 2 N–H and O–H groups in total. The molecule has 5 rings (SSSR count). The molecule has 9 heteroatoms. The maximum Gasteiger partial charge on any atom is 0.435 e. The fourth-order valence-electron chi connectivity index (χ4n) is 4.31. The van der Waals surface area contributed by atoms with Crippen molar-refractivity contribution in [1.29, 1.82) is 0 Å². The average molecular weight is 452 g/mol. The smallest absolute Gasteiger partial charge is 0.435 e. The van der Waals surface area contributed by atoms with Crippen molar-refractivity contribution in [3.05, 3.63) is 78.0 Å². The van der Waals surface area contributed by atoms with Crippen LogP contribution >= 0.6 is 0 Å². The van der Waals surface area contributed by atoms with Gasteiger partial charge < -0.3 is 10.4 Å². The molecule has 1 fully saturated rings. The number of rotatable bonds is 4. The quantitative estimate of drug-likeness (QED) is 0.415. The third-order valence-electron chi connectivity index (χ3n) is 6.08. The van der Waals surface area contributed by atoms with Gasteiger partial charge in [0.2, 0.25) is 0 Å². The topological polar surface area (TPSA) is 79.5 Å². The molecule has 0 bridgehead atoms. The molecule has 0 unspecified atom stereocenters. The Morgan fingerprint density at radius 1 is 0.970 bits per heavy atom. The van der Waals surface area contributed by atoms with Gasteiger partial charge in [0, 0.05) is 11.1 Å². The van der Waals surface area contributed by atoms with Gasteiger partial charge in [0.05, 0.1) is 11.2 Å². The minimum Gasteiger partial charge on any atom is -0.465 e. The number of alkyl halides is 3. The summed E-state index contributed by atoms with van der Waals surface area (Å²) in [5.74, 6) is 0. The summed E-state index contributed by atoms with van der Waals surface area (Å²) in [6.07, 6.45) is -3.29. The molecule has 0 saturated heterocycles. The van der Waals surface area contributed by atoms with Crippen LogP contribution in [-0.4, -0.2) is 25.8 Å². The number of amides is 1. The highest BCUT2D eigenvalue weighted by Gasteiger charge is 2.40. The summed E-state index contributed by atoms with van der Waals surface area (Å²) in [4.78, 5) is 15.8. The van der Waals surface area contributed by atoms with Gasteiger partial charge in [0.1, 0.15) is 5.69 Å². The number of carbonyl (C=O) groups is 1. The van der Waals surface area contributed by atoms with E-state index >= 15 is 0 Å². The molecule has 0 spiro atoms. The molecule has 33 heavy (non-hydrogen) atoms. The number of hydrogen-bond acceptors (Lipinski definition) is 3. The van der Waals surface area contributed by atoms with Crippen LogP contribution in [0, 0.1) is 0 Å². The summed E-state index contributed by atoms with van der Waals surface area (Å²) in [5.41, 5.74) is 1.86. The van der Waals surface area contributed by atoms with E-state index in [4.69, 9.17) is 0 Å². The lowest BCUT2D eigenvalue weighted by atomic mass is 9.72. The summed E-state index contributed by atoms with van der Waals surface area (Å²) in [7, 11) is 0. The molecule has 0 aliphatic heterocycles. The molecular weight excluding hydrogens is 433 g/mol. The van der Waals surface area contributed by atoms with Crippen molar-refractivity contribution in [2.75, 3.05) is 0 Å². The van der Waals surface area contributed by atoms with E-state index in [0.29, 0.717) is 41.0 Å². The minimum absolute atomic E-state index is 0.295. The van der Waals surface area contributed by atoms with E-state index in [1.807, 2.05) is 30.3 Å². The van der Waals surface area contributed by atoms with Crippen LogP contribution in [0.15, 0.2) is 66.7 Å². The van der Waals surface area contributed by atoms with Crippen LogP contribution in [0.1, 0.15) is 30.5 Å². The van der Waals surface area contributed by atoms with E-state index < -0.39 is 23.5 Å². The summed E-state index contributed by atoms with van der Waals surface area (Å²) in [5, 5.41) is 15.7. The molecule has 1 saturated carbocycles. The van der Waals surface area contributed by atoms with Crippen molar-refractivity contribution in [3.63, 3.8) is 0 Å². The first-order chi connectivity index (χ1) is 15.8. The fourth-order valence-corrected chi connectivity index (χ4v) is 4.31. The van der Waals surface area contributed by atoms with E-state index in [1.54, 1.807) is 24.3 Å². The van der Waals surface area contributed by atoms with Crippen LogP contribution in [0.25, 0.3) is 28.2 Å². The largest absolute Gasteiger partial charge is 0.465 e. The average Bonchev–Trinajstić information content (AvgIpc) is 3.15. The molecule has 2 aromatic heterocycles. The van der Waals surface area contributed by atoms with Gasteiger partial charge in [0.25, 0.3) is 0 Å². The van der Waals surface area contributed by atoms with Gasteiger partial charge in [-0.15, -0.1) is 0 Å². The fraction of sp³-hybridized carbons (Fsp3) is 0.208. The SMILES string of the molecule is O=C(O)NC1(c2ccc(-c3nc4ccc(C(F)(F)F)nn4c3-c3ccccc3)cc2)CCC1. The van der Waals surface area contributed by atoms with Gasteiger partial charge in [-0.25, -0.2) is 14.3 Å². The highest BCUT2D eigenvalue weighted by atomic mass is 19.4. The Hall–Kier alpha value is -3.88. The summed E-state index contributed by atoms with van der Waals surface area (Å²) in [6, 6.07) is 18.6. The van der Waals surface area contributed by atoms with Crippen LogP contribution < -0.4 is 5.32 Å². The molecular formula is C24H19F3N4O2. The van der Waals surface area contributed by atoms with E-state index in [-0.39, 0.29) is 0 Å². The Bertz CT molecular complexity index is 1330. The van der Waals surface area contributed by atoms with Crippen molar-refractivity contribution in [1.82, 2.24) is 19.9 Å². The van der Waals surface area contributed by atoms with Crippen LogP contribution in [0.2, 0.25) is 0 Å². The number of hydrogen-bond donors (Lipinski definition) is 2. The van der Waals surface area contributed by atoms with Crippen molar-refractivity contribution in [2.24, 2.45) is 0 Å². The first-order valence-corrected chi connectivity index (χ1v) is 10.4. The number of nitrogens with zero attached hydrogens (tertiary/aromatic N) is 3. The lowest BCUT2D eigenvalue weighted by Gasteiger charge is -2.42. The summed E-state index contributed by atoms with van der Waals surface area (Å²) < 4.78 is 41.2. The first-order valence-electron chi connectivity index (χ1n) is 10.4. The number of fused-ring (bicyclic) bond motifs is 1. The zero-order valence-electron chi connectivity index (χ0n) is 17.3. The Morgan fingerprint density at radius 3 is 2.24 bits per heavy atom. The maximum absolute atomic E-state index is 13.3. The molecule has 4 aromatic rings. The second-order valence-electron chi connectivity index (χ2n) is 8.10. The van der Waals surface area contributed by atoms with Crippen LogP contribution in [-0.2, 0) is 11.7 Å². The first kappa shape index (κ1) is 21.0. The summed E-state index contributed by atoms with van der Waals surface area (Å²) in [6.45, 7) is 0. The highest BCUT2D eigenvalue weighted by molar-refractivity contribution is 5.81. The molecule has 2 aromatic carbocycles. The van der Waals surface area contributed by atoms with E-state index in [2.05, 4.69) is 15.4 Å². The van der Waals surface area contributed by atoms with Crippen molar-refractivity contribution in [3.8, 4) is 22.5 Å². The number of nitrogens with one attached hydrogen (secondary N) is 1. The number of benzene rings is 2. The van der Waals surface area contributed by atoms with Gasteiger partial charge in [0.15, 0.2) is 11.3 Å². The molecule has 1 amide bonds. The third-order valence-corrected chi connectivity index (χ3v) is 6.08. The molecule has 0 atom stereocenters. The highest BCUT2D eigenvalue weighted by Crippen LogP contribution is 2.42. The Morgan fingerprint density at radius 2 is 1.67 bits per heavy atom. The normalized spacial score (nSPS) is 15.2. The standard InChI is InChI=1S/C24H19F3N4O2/c25-24(26,27)18-11-12-19-28-20(21(31(19)30-18)16-5-2-1-3-6-16)15-7-9-17(10-8-15)23(13-4-14-23)29-22(32)33/h1-3,5-12,29H,4,13-14H2,(H,32,33). The van der Waals surface area contributed by atoms with Crippen LogP contribution in [0.5, 0.6) is 0 Å². The van der Waals surface area contributed by atoms with Crippen molar-refractivity contribution >= 4 is 11.7 Å². The zero-order chi connectivity index (χ0) is 23.2. The van der Waals surface area contributed by atoms with E-state index in [9.17, 15) is 23.1 Å². The number of aromatic nitrogens is 3. The second-order valence-corrected chi connectivity index (χ2v) is 8.10. The minimum atomic E-state index is -4.58. The van der Waals surface area contributed by atoms with E-state index in [0.717, 1.165) is 18.1 Å². The number of halogens is 3. The Balaban J connectivity index is 1.64.